The lowest BCUT2D eigenvalue weighted by molar-refractivity contribution is 0.415. The molecule has 0 saturated carbocycles. The lowest BCUT2D eigenvalue weighted by atomic mass is 10.1. The summed E-state index contributed by atoms with van der Waals surface area (Å²) in [4.78, 5) is 0. The van der Waals surface area contributed by atoms with Gasteiger partial charge in [-0.3, -0.25) is 0 Å². The fourth-order valence-corrected chi connectivity index (χ4v) is 3.85. The number of unbranched alkanes of at least 4 members (excludes halogenated alkanes) is 5. The standard InChI is InChI=1S/C24H30OS/c1-3-4-5-6-7-11-20-26-24(22-12-9-8-10-13-22)19-16-21-14-17-23(25-2)18-15-21/h8-10,12-15,17-18,24H,3-7,11,20H2,1-2H3. The van der Waals surface area contributed by atoms with E-state index in [1.165, 1.54) is 49.8 Å². The predicted molar refractivity (Wildman–Crippen MR) is 115 cm³/mol. The zero-order chi connectivity index (χ0) is 18.5. The van der Waals surface area contributed by atoms with E-state index in [2.05, 4.69) is 49.1 Å². The number of benzene rings is 2. The van der Waals surface area contributed by atoms with Gasteiger partial charge in [0.1, 0.15) is 5.75 Å². The van der Waals surface area contributed by atoms with Gasteiger partial charge < -0.3 is 4.74 Å². The average Bonchev–Trinajstić information content (AvgIpc) is 2.70. The first-order chi connectivity index (χ1) is 12.8. The van der Waals surface area contributed by atoms with Crippen molar-refractivity contribution in [2.75, 3.05) is 12.9 Å². The Balaban J connectivity index is 1.93. The predicted octanol–water partition coefficient (Wildman–Crippen LogP) is 6.88. The minimum Gasteiger partial charge on any atom is -0.497 e. The summed E-state index contributed by atoms with van der Waals surface area (Å²) in [6.45, 7) is 2.27. The van der Waals surface area contributed by atoms with Crippen molar-refractivity contribution in [2.45, 2.75) is 50.7 Å². The lowest BCUT2D eigenvalue weighted by Gasteiger charge is -2.11. The molecule has 0 saturated heterocycles. The highest BCUT2D eigenvalue weighted by atomic mass is 32.2. The van der Waals surface area contributed by atoms with E-state index in [0.717, 1.165) is 11.3 Å². The molecule has 0 bridgehead atoms. The molecular formula is C24H30OS. The van der Waals surface area contributed by atoms with E-state index in [9.17, 15) is 0 Å². The van der Waals surface area contributed by atoms with Crippen LogP contribution in [-0.2, 0) is 0 Å². The Labute approximate surface area is 163 Å². The SMILES string of the molecule is CCCCCCCCSC(C#Cc1ccc(OC)cc1)c1ccccc1. The minimum absolute atomic E-state index is 0.231. The third-order valence-corrected chi connectivity index (χ3v) is 5.57. The summed E-state index contributed by atoms with van der Waals surface area (Å²) in [5.41, 5.74) is 2.33. The second kappa shape index (κ2) is 12.5. The Morgan fingerprint density at radius 2 is 1.58 bits per heavy atom. The van der Waals surface area contributed by atoms with E-state index in [1.54, 1.807) is 7.11 Å². The normalized spacial score (nSPS) is 11.5. The van der Waals surface area contributed by atoms with Crippen LogP contribution in [0.15, 0.2) is 54.6 Å². The third kappa shape index (κ3) is 7.58. The fraction of sp³-hybridized carbons (Fsp3) is 0.417. The van der Waals surface area contributed by atoms with Crippen molar-refractivity contribution in [2.24, 2.45) is 0 Å². The Bertz CT molecular complexity index is 667. The molecular weight excluding hydrogens is 336 g/mol. The number of hydrogen-bond acceptors (Lipinski definition) is 2. The third-order valence-electron chi connectivity index (χ3n) is 4.32. The monoisotopic (exact) mass is 366 g/mol. The van der Waals surface area contributed by atoms with E-state index in [-0.39, 0.29) is 5.25 Å². The first-order valence-corrected chi connectivity index (χ1v) is 10.7. The van der Waals surface area contributed by atoms with Gasteiger partial charge in [0, 0.05) is 5.56 Å². The highest BCUT2D eigenvalue weighted by Crippen LogP contribution is 2.29. The van der Waals surface area contributed by atoms with Crippen molar-refractivity contribution in [3.8, 4) is 17.6 Å². The molecule has 138 valence electrons. The maximum absolute atomic E-state index is 5.21. The Morgan fingerprint density at radius 1 is 0.885 bits per heavy atom. The average molecular weight is 367 g/mol. The summed E-state index contributed by atoms with van der Waals surface area (Å²) in [5.74, 6) is 8.85. The van der Waals surface area contributed by atoms with Gasteiger partial charge in [-0.2, -0.15) is 0 Å². The fourth-order valence-electron chi connectivity index (χ4n) is 2.76. The van der Waals surface area contributed by atoms with Crippen LogP contribution in [0.1, 0.15) is 61.8 Å². The van der Waals surface area contributed by atoms with Crippen LogP contribution < -0.4 is 4.74 Å². The molecule has 2 rings (SSSR count). The van der Waals surface area contributed by atoms with Gasteiger partial charge in [0.25, 0.3) is 0 Å². The van der Waals surface area contributed by atoms with Crippen LogP contribution >= 0.6 is 11.8 Å². The molecule has 26 heavy (non-hydrogen) atoms. The second-order valence-electron chi connectivity index (χ2n) is 6.43. The molecule has 0 N–H and O–H groups in total. The maximum atomic E-state index is 5.21. The summed E-state index contributed by atoms with van der Waals surface area (Å²) >= 11 is 1.97. The molecule has 0 heterocycles. The zero-order valence-corrected chi connectivity index (χ0v) is 16.9. The van der Waals surface area contributed by atoms with Gasteiger partial charge in [-0.15, -0.1) is 11.8 Å². The van der Waals surface area contributed by atoms with Crippen LogP contribution in [-0.4, -0.2) is 12.9 Å². The Hall–Kier alpha value is -1.85. The van der Waals surface area contributed by atoms with Gasteiger partial charge in [-0.05, 0) is 42.0 Å². The molecule has 2 heteroatoms. The number of thioether (sulfide) groups is 1. The summed E-state index contributed by atoms with van der Waals surface area (Å²) in [7, 11) is 1.69. The molecule has 0 fully saturated rings. The van der Waals surface area contributed by atoms with Crippen molar-refractivity contribution < 1.29 is 4.74 Å². The van der Waals surface area contributed by atoms with Gasteiger partial charge in [0.2, 0.25) is 0 Å². The van der Waals surface area contributed by atoms with E-state index in [1.807, 2.05) is 36.0 Å². The van der Waals surface area contributed by atoms with Crippen LogP contribution in [0.5, 0.6) is 5.75 Å². The van der Waals surface area contributed by atoms with Crippen molar-refractivity contribution in [1.29, 1.82) is 0 Å². The van der Waals surface area contributed by atoms with Gasteiger partial charge >= 0.3 is 0 Å². The van der Waals surface area contributed by atoms with Crippen LogP contribution in [0.2, 0.25) is 0 Å². The van der Waals surface area contributed by atoms with Gasteiger partial charge in [0.05, 0.1) is 12.4 Å². The van der Waals surface area contributed by atoms with Crippen molar-refractivity contribution in [1.82, 2.24) is 0 Å². The van der Waals surface area contributed by atoms with Crippen molar-refractivity contribution in [3.63, 3.8) is 0 Å². The molecule has 2 aromatic carbocycles. The molecule has 0 aliphatic rings. The van der Waals surface area contributed by atoms with Gasteiger partial charge in [0.15, 0.2) is 0 Å². The molecule has 0 spiro atoms. The van der Waals surface area contributed by atoms with E-state index in [4.69, 9.17) is 4.74 Å². The Kier molecular flexibility index (Phi) is 9.83. The minimum atomic E-state index is 0.231. The molecule has 0 aromatic heterocycles. The molecule has 2 aromatic rings. The Morgan fingerprint density at radius 3 is 2.27 bits per heavy atom. The second-order valence-corrected chi connectivity index (χ2v) is 7.64. The molecule has 0 aliphatic carbocycles. The largest absolute Gasteiger partial charge is 0.497 e. The quantitative estimate of drug-likeness (QED) is 0.335. The lowest BCUT2D eigenvalue weighted by Crippen LogP contribution is -1.93. The molecule has 0 aliphatic heterocycles. The molecule has 0 amide bonds. The topological polar surface area (TPSA) is 9.23 Å². The maximum Gasteiger partial charge on any atom is 0.118 e. The van der Waals surface area contributed by atoms with Crippen LogP contribution in [0, 0.1) is 11.8 Å². The van der Waals surface area contributed by atoms with Crippen LogP contribution in [0.25, 0.3) is 0 Å². The first-order valence-electron chi connectivity index (χ1n) is 9.65. The highest BCUT2D eigenvalue weighted by Gasteiger charge is 2.08. The summed E-state index contributed by atoms with van der Waals surface area (Å²) in [6.07, 6.45) is 8.03. The number of methoxy groups -OCH3 is 1. The van der Waals surface area contributed by atoms with Crippen LogP contribution in [0.3, 0.4) is 0 Å². The summed E-state index contributed by atoms with van der Waals surface area (Å²) in [5, 5.41) is 0.231. The molecule has 0 radical (unpaired) electrons. The van der Waals surface area contributed by atoms with Crippen molar-refractivity contribution >= 4 is 11.8 Å². The van der Waals surface area contributed by atoms with Crippen LogP contribution in [0.4, 0.5) is 0 Å². The smallest absolute Gasteiger partial charge is 0.118 e. The van der Waals surface area contributed by atoms with E-state index >= 15 is 0 Å². The van der Waals surface area contributed by atoms with Crippen molar-refractivity contribution in [3.05, 3.63) is 65.7 Å². The number of hydrogen-bond donors (Lipinski definition) is 0. The summed E-state index contributed by atoms with van der Waals surface area (Å²) in [6, 6.07) is 18.6. The van der Waals surface area contributed by atoms with Gasteiger partial charge in [-0.1, -0.05) is 81.2 Å². The molecule has 1 nitrogen and oxygen atoms in total. The van der Waals surface area contributed by atoms with Gasteiger partial charge in [-0.25, -0.2) is 0 Å². The highest BCUT2D eigenvalue weighted by molar-refractivity contribution is 7.99. The first kappa shape index (κ1) is 20.5. The molecule has 1 atom stereocenters. The number of ether oxygens (including phenoxy) is 1. The van der Waals surface area contributed by atoms with E-state index in [0.29, 0.717) is 0 Å². The zero-order valence-electron chi connectivity index (χ0n) is 16.0. The number of rotatable bonds is 10. The van der Waals surface area contributed by atoms with E-state index < -0.39 is 0 Å². The molecule has 1 unspecified atom stereocenters. The summed E-state index contributed by atoms with van der Waals surface area (Å²) < 4.78 is 5.21.